The van der Waals surface area contributed by atoms with Crippen LogP contribution in [0.4, 0.5) is 5.69 Å². The minimum absolute atomic E-state index is 0.0176. The van der Waals surface area contributed by atoms with Crippen LogP contribution in [-0.4, -0.2) is 12.7 Å². The summed E-state index contributed by atoms with van der Waals surface area (Å²) in [7, 11) is 0. The maximum Gasteiger partial charge on any atom is 0.231 e. The summed E-state index contributed by atoms with van der Waals surface area (Å²) in [5.41, 5.74) is 3.22. The highest BCUT2D eigenvalue weighted by atomic mass is 16.7. The van der Waals surface area contributed by atoms with Crippen LogP contribution in [0, 0.1) is 0 Å². The first kappa shape index (κ1) is 16.4. The van der Waals surface area contributed by atoms with E-state index >= 15 is 0 Å². The fourth-order valence-electron chi connectivity index (χ4n) is 2.71. The molecule has 2 aromatic rings. The van der Waals surface area contributed by atoms with E-state index in [0.717, 1.165) is 29.2 Å². The van der Waals surface area contributed by atoms with Gasteiger partial charge in [-0.2, -0.15) is 0 Å². The number of fused-ring (bicyclic) bond motifs is 1. The van der Waals surface area contributed by atoms with Crippen LogP contribution < -0.4 is 14.8 Å². The number of rotatable bonds is 6. The molecule has 0 saturated heterocycles. The molecule has 24 heavy (non-hydrogen) atoms. The molecular formula is C20H23NO3. The molecule has 0 radical (unpaired) electrons. The molecule has 4 nitrogen and oxygen atoms in total. The predicted molar refractivity (Wildman–Crippen MR) is 94.7 cm³/mol. The molecule has 0 aromatic heterocycles. The molecule has 1 aliphatic heterocycles. The van der Waals surface area contributed by atoms with Crippen molar-refractivity contribution in [3.05, 3.63) is 53.6 Å². The number of aryl methyl sites for hydroxylation is 1. The molecule has 0 spiro atoms. The van der Waals surface area contributed by atoms with Crippen LogP contribution in [-0.2, 0) is 11.2 Å². The fraction of sp³-hybridized carbons (Fsp3) is 0.350. The second-order valence-corrected chi connectivity index (χ2v) is 6.17. The Kier molecular flexibility index (Phi) is 5.04. The van der Waals surface area contributed by atoms with E-state index in [-0.39, 0.29) is 12.7 Å². The summed E-state index contributed by atoms with van der Waals surface area (Å²) >= 11 is 0. The Balaban J connectivity index is 1.52. The van der Waals surface area contributed by atoms with Crippen LogP contribution in [0.1, 0.15) is 43.7 Å². The zero-order valence-corrected chi connectivity index (χ0v) is 14.2. The van der Waals surface area contributed by atoms with Gasteiger partial charge >= 0.3 is 0 Å². The van der Waals surface area contributed by atoms with Gasteiger partial charge in [-0.15, -0.1) is 0 Å². The molecule has 0 fully saturated rings. The van der Waals surface area contributed by atoms with Gasteiger partial charge in [0.15, 0.2) is 11.5 Å². The van der Waals surface area contributed by atoms with Gasteiger partial charge in [0.05, 0.1) is 0 Å². The zero-order chi connectivity index (χ0) is 16.9. The van der Waals surface area contributed by atoms with Gasteiger partial charge < -0.3 is 14.8 Å². The lowest BCUT2D eigenvalue weighted by Gasteiger charge is -2.10. The molecule has 0 bridgehead atoms. The zero-order valence-electron chi connectivity index (χ0n) is 14.2. The number of carbonyl (C=O) groups is 1. The molecule has 126 valence electrons. The lowest BCUT2D eigenvalue weighted by molar-refractivity contribution is -0.116. The van der Waals surface area contributed by atoms with Gasteiger partial charge in [-0.05, 0) is 54.2 Å². The van der Waals surface area contributed by atoms with Crippen molar-refractivity contribution in [1.29, 1.82) is 0 Å². The number of carbonyl (C=O) groups excluding carboxylic acids is 1. The highest BCUT2D eigenvalue weighted by Gasteiger charge is 2.13. The number of hydrogen-bond acceptors (Lipinski definition) is 3. The molecule has 0 aliphatic carbocycles. The Morgan fingerprint density at radius 1 is 1.12 bits per heavy atom. The predicted octanol–water partition coefficient (Wildman–Crippen LogP) is 4.50. The fourth-order valence-corrected chi connectivity index (χ4v) is 2.71. The van der Waals surface area contributed by atoms with Crippen molar-refractivity contribution >= 4 is 11.6 Å². The quantitative estimate of drug-likeness (QED) is 0.850. The monoisotopic (exact) mass is 325 g/mol. The van der Waals surface area contributed by atoms with E-state index in [1.807, 2.05) is 30.3 Å². The van der Waals surface area contributed by atoms with Crippen molar-refractivity contribution in [3.8, 4) is 11.5 Å². The summed E-state index contributed by atoms with van der Waals surface area (Å²) in [5.74, 6) is 2.09. The van der Waals surface area contributed by atoms with Crippen LogP contribution in [0.5, 0.6) is 11.5 Å². The molecule has 4 heteroatoms. The Morgan fingerprint density at radius 3 is 2.62 bits per heavy atom. The van der Waals surface area contributed by atoms with Crippen LogP contribution in [0.3, 0.4) is 0 Å². The molecule has 1 atom stereocenters. The van der Waals surface area contributed by atoms with Gasteiger partial charge in [0.1, 0.15) is 0 Å². The Labute approximate surface area is 142 Å². The lowest BCUT2D eigenvalue weighted by Crippen LogP contribution is -2.12. The highest BCUT2D eigenvalue weighted by Crippen LogP contribution is 2.32. The van der Waals surface area contributed by atoms with Gasteiger partial charge in [-0.25, -0.2) is 0 Å². The van der Waals surface area contributed by atoms with Crippen LogP contribution in [0.15, 0.2) is 42.5 Å². The maximum absolute atomic E-state index is 12.1. The summed E-state index contributed by atoms with van der Waals surface area (Å²) in [6.45, 7) is 4.65. The molecular weight excluding hydrogens is 302 g/mol. The van der Waals surface area contributed by atoms with E-state index in [1.165, 1.54) is 5.56 Å². The summed E-state index contributed by atoms with van der Waals surface area (Å²) in [4.78, 5) is 12.1. The smallest absolute Gasteiger partial charge is 0.231 e. The average Bonchev–Trinajstić information content (AvgIpc) is 3.07. The van der Waals surface area contributed by atoms with Crippen LogP contribution >= 0.6 is 0 Å². The molecule has 1 aliphatic rings. The summed E-state index contributed by atoms with van der Waals surface area (Å²) < 4.78 is 10.6. The Hall–Kier alpha value is -2.49. The maximum atomic E-state index is 12.1. The number of nitrogens with one attached hydrogen (secondary N) is 1. The van der Waals surface area contributed by atoms with E-state index in [0.29, 0.717) is 18.8 Å². The van der Waals surface area contributed by atoms with E-state index in [1.54, 1.807) is 0 Å². The van der Waals surface area contributed by atoms with Gasteiger partial charge in [0, 0.05) is 12.1 Å². The molecule has 2 aromatic carbocycles. The second-order valence-electron chi connectivity index (χ2n) is 6.17. The third-order valence-corrected chi connectivity index (χ3v) is 4.45. The van der Waals surface area contributed by atoms with Crippen molar-refractivity contribution in [2.45, 2.75) is 39.0 Å². The summed E-state index contributed by atoms with van der Waals surface area (Å²) in [6.07, 6.45) is 2.22. The van der Waals surface area contributed by atoms with Crippen molar-refractivity contribution < 1.29 is 14.3 Å². The van der Waals surface area contributed by atoms with Gasteiger partial charge in [-0.1, -0.05) is 32.0 Å². The van der Waals surface area contributed by atoms with Crippen molar-refractivity contribution in [1.82, 2.24) is 0 Å². The molecule has 1 amide bonds. The van der Waals surface area contributed by atoms with E-state index in [4.69, 9.17) is 9.47 Å². The van der Waals surface area contributed by atoms with E-state index < -0.39 is 0 Å². The molecule has 1 unspecified atom stereocenters. The van der Waals surface area contributed by atoms with E-state index in [9.17, 15) is 4.79 Å². The third-order valence-electron chi connectivity index (χ3n) is 4.45. The standard InChI is InChI=1S/C20H23NO3/c1-3-14(2)16-6-8-17(9-7-16)21-20(22)11-5-15-4-10-18-19(12-15)24-13-23-18/h4,6-10,12,14H,3,5,11,13H2,1-2H3,(H,21,22). The van der Waals surface area contributed by atoms with Gasteiger partial charge in [0.25, 0.3) is 0 Å². The first-order chi connectivity index (χ1) is 11.7. The average molecular weight is 325 g/mol. The number of ether oxygens (including phenoxy) is 2. The third kappa shape index (κ3) is 3.88. The number of hydrogen-bond donors (Lipinski definition) is 1. The second kappa shape index (κ2) is 7.39. The molecule has 1 N–H and O–H groups in total. The normalized spacial score (nSPS) is 13.6. The number of anilines is 1. The largest absolute Gasteiger partial charge is 0.454 e. The molecule has 0 saturated carbocycles. The highest BCUT2D eigenvalue weighted by molar-refractivity contribution is 5.90. The number of amides is 1. The number of benzene rings is 2. The Morgan fingerprint density at radius 2 is 1.88 bits per heavy atom. The molecule has 1 heterocycles. The van der Waals surface area contributed by atoms with Gasteiger partial charge in [-0.3, -0.25) is 4.79 Å². The minimum Gasteiger partial charge on any atom is -0.454 e. The van der Waals surface area contributed by atoms with Crippen molar-refractivity contribution in [3.63, 3.8) is 0 Å². The van der Waals surface area contributed by atoms with Crippen LogP contribution in [0.2, 0.25) is 0 Å². The first-order valence-corrected chi connectivity index (χ1v) is 8.44. The summed E-state index contributed by atoms with van der Waals surface area (Å²) in [5, 5.41) is 2.95. The summed E-state index contributed by atoms with van der Waals surface area (Å²) in [6, 6.07) is 13.9. The van der Waals surface area contributed by atoms with E-state index in [2.05, 4.69) is 31.3 Å². The molecule has 3 rings (SSSR count). The van der Waals surface area contributed by atoms with Crippen LogP contribution in [0.25, 0.3) is 0 Å². The van der Waals surface area contributed by atoms with Crippen molar-refractivity contribution in [2.24, 2.45) is 0 Å². The Bertz CT molecular complexity index is 709. The minimum atomic E-state index is 0.0176. The first-order valence-electron chi connectivity index (χ1n) is 8.44. The van der Waals surface area contributed by atoms with Gasteiger partial charge in [0.2, 0.25) is 12.7 Å². The topological polar surface area (TPSA) is 47.6 Å². The van der Waals surface area contributed by atoms with Crippen molar-refractivity contribution in [2.75, 3.05) is 12.1 Å². The lowest BCUT2D eigenvalue weighted by atomic mass is 9.98. The SMILES string of the molecule is CCC(C)c1ccc(NC(=O)CCc2ccc3c(c2)OCO3)cc1.